The van der Waals surface area contributed by atoms with Gasteiger partial charge in [-0.15, -0.1) is 10.2 Å². The van der Waals surface area contributed by atoms with Gasteiger partial charge in [-0.3, -0.25) is 9.35 Å². The van der Waals surface area contributed by atoms with Crippen LogP contribution in [0, 0.1) is 0 Å². The molecule has 4 aromatic rings. The van der Waals surface area contributed by atoms with E-state index in [0.717, 1.165) is 30.3 Å². The summed E-state index contributed by atoms with van der Waals surface area (Å²) in [5.74, 6) is -4.44. The van der Waals surface area contributed by atoms with Gasteiger partial charge in [0.15, 0.2) is 28.7 Å². The van der Waals surface area contributed by atoms with Crippen LogP contribution in [0.3, 0.4) is 0 Å². The van der Waals surface area contributed by atoms with Gasteiger partial charge in [-0.1, -0.05) is 24.3 Å². The first-order chi connectivity index (χ1) is 16.5. The van der Waals surface area contributed by atoms with Gasteiger partial charge in [-0.25, -0.2) is 0 Å². The number of rotatable bonds is 5. The lowest BCUT2D eigenvalue weighted by Crippen LogP contribution is -2.02. The zero-order chi connectivity index (χ0) is 25.5. The summed E-state index contributed by atoms with van der Waals surface area (Å²) in [5.41, 5.74) is -1.30. The Morgan fingerprint density at radius 1 is 0.714 bits per heavy atom. The number of ketones is 1. The van der Waals surface area contributed by atoms with Crippen LogP contribution in [0.5, 0.6) is 28.7 Å². The van der Waals surface area contributed by atoms with E-state index in [4.69, 9.17) is 0 Å². The number of aromatic hydroxyl groups is 5. The van der Waals surface area contributed by atoms with Crippen LogP contribution in [0.2, 0.25) is 0 Å². The molecule has 0 aliphatic rings. The molecular weight excluding hydrogens is 480 g/mol. The molecule has 11 nitrogen and oxygen atoms in total. The largest absolute Gasteiger partial charge is 0.507 e. The summed E-state index contributed by atoms with van der Waals surface area (Å²) in [5, 5.41) is 58.2. The number of azo groups is 1. The predicted molar refractivity (Wildman–Crippen MR) is 123 cm³/mol. The number of carbonyl (C=O) groups is 1. The average molecular weight is 496 g/mol. The van der Waals surface area contributed by atoms with Crippen molar-refractivity contribution in [2.45, 2.75) is 4.90 Å². The predicted octanol–water partition coefficient (Wildman–Crippen LogP) is 4.26. The molecule has 0 aliphatic heterocycles. The number of hydrogen-bond donors (Lipinski definition) is 6. The molecule has 4 rings (SSSR count). The van der Waals surface area contributed by atoms with Crippen LogP contribution in [0.4, 0.5) is 11.4 Å². The number of fused-ring (bicyclic) bond motifs is 1. The van der Waals surface area contributed by atoms with E-state index in [9.17, 15) is 43.3 Å². The molecule has 178 valence electrons. The van der Waals surface area contributed by atoms with Crippen LogP contribution in [-0.4, -0.2) is 44.3 Å². The Morgan fingerprint density at radius 3 is 2.06 bits per heavy atom. The molecule has 0 atom stereocenters. The first-order valence-electron chi connectivity index (χ1n) is 9.74. The van der Waals surface area contributed by atoms with Crippen molar-refractivity contribution >= 4 is 38.0 Å². The van der Waals surface area contributed by atoms with E-state index in [1.54, 1.807) is 12.1 Å². The molecule has 0 aromatic heterocycles. The van der Waals surface area contributed by atoms with Crippen LogP contribution in [0.25, 0.3) is 10.8 Å². The molecule has 0 saturated carbocycles. The minimum absolute atomic E-state index is 0.108. The lowest BCUT2D eigenvalue weighted by molar-refractivity contribution is 0.103. The van der Waals surface area contributed by atoms with Crippen molar-refractivity contribution in [3.8, 4) is 28.7 Å². The maximum atomic E-state index is 12.8. The van der Waals surface area contributed by atoms with E-state index < -0.39 is 55.9 Å². The van der Waals surface area contributed by atoms with E-state index >= 15 is 0 Å². The van der Waals surface area contributed by atoms with Crippen molar-refractivity contribution < 1.29 is 43.3 Å². The van der Waals surface area contributed by atoms with Crippen molar-refractivity contribution in [1.82, 2.24) is 0 Å². The lowest BCUT2D eigenvalue weighted by atomic mass is 10.00. The molecule has 0 unspecified atom stereocenters. The minimum atomic E-state index is -4.53. The summed E-state index contributed by atoms with van der Waals surface area (Å²) < 4.78 is 32.8. The average Bonchev–Trinajstić information content (AvgIpc) is 2.79. The molecule has 12 heteroatoms. The van der Waals surface area contributed by atoms with Crippen molar-refractivity contribution in [2.24, 2.45) is 10.2 Å². The molecule has 0 spiro atoms. The van der Waals surface area contributed by atoms with Gasteiger partial charge >= 0.3 is 0 Å². The van der Waals surface area contributed by atoms with E-state index in [1.165, 1.54) is 18.2 Å². The summed E-state index contributed by atoms with van der Waals surface area (Å²) in [6.45, 7) is 0. The Balaban J connectivity index is 1.82. The fourth-order valence-electron chi connectivity index (χ4n) is 3.43. The fourth-order valence-corrected chi connectivity index (χ4v) is 4.13. The second-order valence-electron chi connectivity index (χ2n) is 7.32. The van der Waals surface area contributed by atoms with Gasteiger partial charge in [-0.05, 0) is 30.3 Å². The van der Waals surface area contributed by atoms with Gasteiger partial charge in [0.2, 0.25) is 5.78 Å². The summed E-state index contributed by atoms with van der Waals surface area (Å²) in [4.78, 5) is 12.5. The monoisotopic (exact) mass is 496 g/mol. The zero-order valence-corrected chi connectivity index (χ0v) is 18.3. The second kappa shape index (κ2) is 8.59. The highest BCUT2D eigenvalue weighted by Crippen LogP contribution is 2.45. The second-order valence-corrected chi connectivity index (χ2v) is 8.71. The van der Waals surface area contributed by atoms with E-state index in [-0.39, 0.29) is 26.9 Å². The topological polar surface area (TPSA) is 197 Å². The summed E-state index contributed by atoms with van der Waals surface area (Å²) in [7, 11) is -4.53. The van der Waals surface area contributed by atoms with Gasteiger partial charge in [-0.2, -0.15) is 8.42 Å². The smallest absolute Gasteiger partial charge is 0.295 e. The standard InChI is InChI=1S/C23H16N2O9S/c26-15-7-5-11(9-16(15)27)22(30)20-17(28)10-18(29)21(23(20)31)25-24-14-6-8-19(35(32,33)34)13-4-2-1-3-12(13)14/h1-10,26-29,31H,(H,32,33,34). The molecule has 6 N–H and O–H groups in total. The quantitative estimate of drug-likeness (QED) is 0.101. The van der Waals surface area contributed by atoms with E-state index in [0.29, 0.717) is 0 Å². The molecular formula is C23H16N2O9S. The van der Waals surface area contributed by atoms with Crippen molar-refractivity contribution in [3.05, 3.63) is 71.8 Å². The lowest BCUT2D eigenvalue weighted by Gasteiger charge is -2.11. The normalized spacial score (nSPS) is 11.8. The van der Waals surface area contributed by atoms with Gasteiger partial charge in [0.25, 0.3) is 10.1 Å². The Bertz CT molecular complexity index is 1650. The molecule has 0 amide bonds. The van der Waals surface area contributed by atoms with Crippen molar-refractivity contribution in [2.75, 3.05) is 0 Å². The van der Waals surface area contributed by atoms with Crippen LogP contribution in [0.15, 0.2) is 75.8 Å². The van der Waals surface area contributed by atoms with E-state index in [2.05, 4.69) is 10.2 Å². The number of nitrogens with zero attached hydrogens (tertiary/aromatic N) is 2. The summed E-state index contributed by atoms with van der Waals surface area (Å²) >= 11 is 0. The molecule has 0 aliphatic carbocycles. The Morgan fingerprint density at radius 2 is 1.40 bits per heavy atom. The Labute approximate surface area is 197 Å². The molecule has 0 radical (unpaired) electrons. The maximum absolute atomic E-state index is 12.8. The zero-order valence-electron chi connectivity index (χ0n) is 17.5. The summed E-state index contributed by atoms with van der Waals surface area (Å²) in [6, 6.07) is 12.3. The van der Waals surface area contributed by atoms with Gasteiger partial charge in [0.05, 0.1) is 5.69 Å². The third kappa shape index (κ3) is 4.30. The number of phenolic OH excluding ortho intramolecular Hbond substituents is 5. The third-order valence-corrected chi connectivity index (χ3v) is 6.01. The minimum Gasteiger partial charge on any atom is -0.507 e. The molecule has 35 heavy (non-hydrogen) atoms. The van der Waals surface area contributed by atoms with Crippen LogP contribution in [-0.2, 0) is 10.1 Å². The summed E-state index contributed by atoms with van der Waals surface area (Å²) in [6.07, 6.45) is 0. The molecule has 0 saturated heterocycles. The van der Waals surface area contributed by atoms with Crippen LogP contribution in [0.1, 0.15) is 15.9 Å². The third-order valence-electron chi connectivity index (χ3n) is 5.09. The highest BCUT2D eigenvalue weighted by atomic mass is 32.2. The van der Waals surface area contributed by atoms with Crippen LogP contribution < -0.4 is 0 Å². The molecule has 0 heterocycles. The molecule has 0 fully saturated rings. The molecule has 4 aromatic carbocycles. The highest BCUT2D eigenvalue weighted by molar-refractivity contribution is 7.86. The Kier molecular flexibility index (Phi) is 5.76. The Hall–Kier alpha value is -4.68. The number of phenols is 5. The van der Waals surface area contributed by atoms with Gasteiger partial charge < -0.3 is 25.5 Å². The fraction of sp³-hybridized carbons (Fsp3) is 0. The highest BCUT2D eigenvalue weighted by Gasteiger charge is 2.25. The number of benzene rings is 4. The first kappa shape index (κ1) is 23.5. The number of hydrogen-bond acceptors (Lipinski definition) is 10. The van der Waals surface area contributed by atoms with Gasteiger partial charge in [0, 0.05) is 22.4 Å². The first-order valence-corrected chi connectivity index (χ1v) is 11.2. The maximum Gasteiger partial charge on any atom is 0.295 e. The van der Waals surface area contributed by atoms with Gasteiger partial charge in [0.1, 0.15) is 16.2 Å². The molecule has 0 bridgehead atoms. The SMILES string of the molecule is O=C(c1ccc(O)c(O)c1)c1c(O)cc(O)c(N=Nc2ccc(S(=O)(=O)O)c3ccccc23)c1O. The van der Waals surface area contributed by atoms with Crippen molar-refractivity contribution in [3.63, 3.8) is 0 Å². The van der Waals surface area contributed by atoms with Crippen LogP contribution >= 0.6 is 0 Å². The van der Waals surface area contributed by atoms with Crippen molar-refractivity contribution in [1.29, 1.82) is 0 Å². The number of carbonyl (C=O) groups excluding carboxylic acids is 1. The van der Waals surface area contributed by atoms with E-state index in [1.807, 2.05) is 0 Å².